The number of nitrogens with two attached hydrogens (primary N) is 2. The maximum absolute atomic E-state index is 14.8. The van der Waals surface area contributed by atoms with Crippen molar-refractivity contribution in [3.05, 3.63) is 224 Å². The van der Waals surface area contributed by atoms with Crippen LogP contribution in [0.1, 0.15) is 93.3 Å². The number of Topliss-reactive ketones (excluding diaryl/α,β-unsaturated/α-hetero) is 2. The number of fused-ring (bicyclic) bond motifs is 3. The van der Waals surface area contributed by atoms with E-state index in [9.17, 15) is 71.1 Å². The molecule has 1 fully saturated rings. The van der Waals surface area contributed by atoms with Gasteiger partial charge in [-0.1, -0.05) is 37.4 Å². The lowest BCUT2D eigenvalue weighted by molar-refractivity contribution is -0.146. The van der Waals surface area contributed by atoms with Crippen molar-refractivity contribution in [2.24, 2.45) is 17.4 Å². The highest BCUT2D eigenvalue weighted by Crippen LogP contribution is 2.68. The SMILES string of the molecule is C=C(N)c1cc(-c2cccnc2[C@@H](CC(=O)Cn2cc(Br)c(C(F)(F)F)n2)Cc2cc(F)cc(F)c2)ccc1F.C=C(N)c1cc(-c2cccnc2[C@@H](CC(=O)Cn2nc(C(F)(F)F)c3c2C2CC2C3(F)F)Cc2cc(F)cc(F)c2)ccc1F. The number of hydrogen-bond acceptors (Lipinski definition) is 8. The zero-order chi connectivity index (χ0) is 61.6. The normalized spacial score (nSPS) is 15.8. The summed E-state index contributed by atoms with van der Waals surface area (Å²) in [5.41, 5.74) is 10.0. The average molecular weight is 1260 g/mol. The summed E-state index contributed by atoms with van der Waals surface area (Å²) < 4.78 is 196. The van der Waals surface area contributed by atoms with Crippen molar-refractivity contribution in [3.8, 4) is 22.3 Å². The van der Waals surface area contributed by atoms with Crippen LogP contribution in [0.25, 0.3) is 33.6 Å². The highest BCUT2D eigenvalue weighted by Gasteiger charge is 2.68. The third-order valence-corrected chi connectivity index (χ3v) is 14.9. The lowest BCUT2D eigenvalue weighted by atomic mass is 9.86. The van der Waals surface area contributed by atoms with Gasteiger partial charge in [-0.3, -0.25) is 28.9 Å². The first kappa shape index (κ1) is 61.1. The minimum Gasteiger partial charge on any atom is -0.399 e. The first-order chi connectivity index (χ1) is 40.0. The van der Waals surface area contributed by atoms with Gasteiger partial charge in [0, 0.05) is 101 Å². The molecule has 2 aliphatic carbocycles. The number of ketones is 2. The predicted octanol–water partition coefficient (Wildman–Crippen LogP) is 14.6. The van der Waals surface area contributed by atoms with Gasteiger partial charge in [-0.15, -0.1) is 0 Å². The summed E-state index contributed by atoms with van der Waals surface area (Å²) >= 11 is 2.81. The first-order valence-electron chi connectivity index (χ1n) is 25.7. The van der Waals surface area contributed by atoms with E-state index in [1.165, 1.54) is 48.8 Å². The second-order valence-electron chi connectivity index (χ2n) is 20.5. The molecule has 4 N–H and O–H groups in total. The monoisotopic (exact) mass is 1250 g/mol. The molecule has 0 bridgehead atoms. The van der Waals surface area contributed by atoms with Crippen LogP contribution < -0.4 is 11.5 Å². The summed E-state index contributed by atoms with van der Waals surface area (Å²) in [4.78, 5) is 35.5. The van der Waals surface area contributed by atoms with Crippen LogP contribution in [0.3, 0.4) is 0 Å². The fraction of sp³-hybridized carbons (Fsp3) is 0.233. The van der Waals surface area contributed by atoms with Gasteiger partial charge in [0.1, 0.15) is 34.9 Å². The Balaban J connectivity index is 0.000000205. The van der Waals surface area contributed by atoms with E-state index in [1.807, 2.05) is 0 Å². The second-order valence-corrected chi connectivity index (χ2v) is 21.4. The molecule has 10 rings (SSSR count). The molecular formula is C60H45BrF14N8O2. The molecule has 0 amide bonds. The molecule has 4 heterocycles. The molecule has 25 heteroatoms. The summed E-state index contributed by atoms with van der Waals surface area (Å²) in [5.74, 6) is -13.3. The van der Waals surface area contributed by atoms with Gasteiger partial charge in [-0.25, -0.2) is 35.1 Å². The number of benzene rings is 4. The molecule has 4 atom stereocenters. The molecule has 0 spiro atoms. The standard InChI is InChI=1S/C32H24F8N4O.C28H21BrF6N4O/c1-15(41)23-11-17(4-5-26(23)35)22-3-2-6-42-28(22)18(7-16-8-19(33)12-20(34)9-16)10-21(45)14-44-29-24-13-25(24)31(36,37)27(29)30(43-44)32(38,39)40;1-15(36)23-11-17(4-5-25(23)32)22-3-2-6-37-26(22)18(7-16-8-19(30)12-20(31)9-16)10-21(40)13-39-14-24(29)27(38-39)28(33,34)35/h2-6,8-9,11-12,18,24-25H,1,7,10,13-14,41H2;2-6,8-9,11-12,14,18H,1,7,10,13,36H2/t18-,24?,25?;18-/m11/s1. The average Bonchev–Trinajstić information content (AvgIpc) is 1.52. The Morgan fingerprint density at radius 1 is 0.635 bits per heavy atom. The smallest absolute Gasteiger partial charge is 0.399 e. The Morgan fingerprint density at radius 2 is 1.08 bits per heavy atom. The molecule has 0 saturated heterocycles. The molecule has 85 heavy (non-hydrogen) atoms. The van der Waals surface area contributed by atoms with Crippen LogP contribution >= 0.6 is 15.9 Å². The van der Waals surface area contributed by atoms with Crippen molar-refractivity contribution >= 4 is 38.9 Å². The molecule has 4 aromatic heterocycles. The molecular weight excluding hydrogens is 1210 g/mol. The predicted molar refractivity (Wildman–Crippen MR) is 287 cm³/mol. The van der Waals surface area contributed by atoms with E-state index in [-0.39, 0.29) is 75.2 Å². The third-order valence-electron chi connectivity index (χ3n) is 14.3. The quantitative estimate of drug-likeness (QED) is 0.0807. The zero-order valence-electron chi connectivity index (χ0n) is 44.0. The highest BCUT2D eigenvalue weighted by atomic mass is 79.9. The van der Waals surface area contributed by atoms with Crippen LogP contribution in [0.5, 0.6) is 0 Å². The van der Waals surface area contributed by atoms with Gasteiger partial charge in [0.15, 0.2) is 23.0 Å². The summed E-state index contributed by atoms with van der Waals surface area (Å²) in [7, 11) is 0. The van der Waals surface area contributed by atoms with Crippen LogP contribution in [-0.2, 0) is 53.8 Å². The van der Waals surface area contributed by atoms with Crippen molar-refractivity contribution < 1.29 is 71.1 Å². The van der Waals surface area contributed by atoms with Crippen LogP contribution in [0.2, 0.25) is 0 Å². The van der Waals surface area contributed by atoms with E-state index in [1.54, 1.807) is 24.3 Å². The van der Waals surface area contributed by atoms with Gasteiger partial charge in [0.2, 0.25) is 0 Å². The van der Waals surface area contributed by atoms with Crippen molar-refractivity contribution in [2.45, 2.75) is 81.2 Å². The Hall–Kier alpha value is -8.48. The molecule has 2 unspecified atom stereocenters. The van der Waals surface area contributed by atoms with Crippen LogP contribution in [0, 0.1) is 40.8 Å². The van der Waals surface area contributed by atoms with Gasteiger partial charge >= 0.3 is 12.4 Å². The Kier molecular flexibility index (Phi) is 17.2. The largest absolute Gasteiger partial charge is 0.436 e. The number of rotatable bonds is 18. The fourth-order valence-electron chi connectivity index (χ4n) is 10.7. The van der Waals surface area contributed by atoms with E-state index < -0.39 is 125 Å². The van der Waals surface area contributed by atoms with Gasteiger partial charge in [-0.2, -0.15) is 36.5 Å². The number of carbonyl (C=O) groups excluding carboxylic acids is 2. The number of alkyl halides is 8. The number of hydrogen-bond donors (Lipinski definition) is 2. The zero-order valence-corrected chi connectivity index (χ0v) is 45.6. The maximum atomic E-state index is 14.8. The van der Waals surface area contributed by atoms with E-state index >= 15 is 0 Å². The van der Waals surface area contributed by atoms with Crippen molar-refractivity contribution in [1.82, 2.24) is 29.5 Å². The molecule has 2 aliphatic rings. The van der Waals surface area contributed by atoms with Crippen molar-refractivity contribution in [2.75, 3.05) is 0 Å². The van der Waals surface area contributed by atoms with Crippen molar-refractivity contribution in [1.29, 1.82) is 0 Å². The number of carbonyl (C=O) groups is 2. The summed E-state index contributed by atoms with van der Waals surface area (Å²) in [6, 6.07) is 20.5. The summed E-state index contributed by atoms with van der Waals surface area (Å²) in [5, 5.41) is 6.88. The summed E-state index contributed by atoms with van der Waals surface area (Å²) in [6.07, 6.45) is -6.78. The minimum atomic E-state index is -5.16. The van der Waals surface area contributed by atoms with Crippen molar-refractivity contribution in [3.63, 3.8) is 0 Å². The molecule has 442 valence electrons. The molecule has 1 saturated carbocycles. The van der Waals surface area contributed by atoms with Crippen LogP contribution in [0.4, 0.5) is 61.5 Å². The highest BCUT2D eigenvalue weighted by molar-refractivity contribution is 9.10. The van der Waals surface area contributed by atoms with Gasteiger partial charge in [0.05, 0.1) is 40.2 Å². The lowest BCUT2D eigenvalue weighted by Gasteiger charge is -2.20. The van der Waals surface area contributed by atoms with E-state index in [4.69, 9.17) is 11.5 Å². The maximum Gasteiger partial charge on any atom is 0.436 e. The first-order valence-corrected chi connectivity index (χ1v) is 26.4. The molecule has 0 radical (unpaired) electrons. The molecule has 8 aromatic rings. The Labute approximate surface area is 483 Å². The second kappa shape index (κ2) is 23.9. The Morgan fingerprint density at radius 3 is 1.51 bits per heavy atom. The summed E-state index contributed by atoms with van der Waals surface area (Å²) in [6.45, 7) is 5.93. The van der Waals surface area contributed by atoms with Gasteiger partial charge in [0.25, 0.3) is 5.92 Å². The van der Waals surface area contributed by atoms with Crippen LogP contribution in [-0.4, -0.2) is 41.1 Å². The van der Waals surface area contributed by atoms with Gasteiger partial charge < -0.3 is 11.5 Å². The molecule has 10 nitrogen and oxygen atoms in total. The number of nitrogens with zero attached hydrogens (tertiary/aromatic N) is 6. The number of pyridine rings is 2. The van der Waals surface area contributed by atoms with E-state index in [0.717, 1.165) is 35.1 Å². The molecule has 0 aliphatic heterocycles. The molecule has 4 aromatic carbocycles. The minimum absolute atomic E-state index is 0.00429. The van der Waals surface area contributed by atoms with Crippen LogP contribution in [0.15, 0.2) is 133 Å². The topological polar surface area (TPSA) is 148 Å². The van der Waals surface area contributed by atoms with E-state index in [0.29, 0.717) is 44.8 Å². The number of aromatic nitrogens is 6. The Bertz CT molecular complexity index is 3890. The van der Waals surface area contributed by atoms with E-state index in [2.05, 4.69) is 49.3 Å². The third kappa shape index (κ3) is 13.6. The van der Waals surface area contributed by atoms with Gasteiger partial charge in [-0.05, 0) is 118 Å². The number of halogens is 15. The lowest BCUT2D eigenvalue weighted by Crippen LogP contribution is -2.20. The fourth-order valence-corrected chi connectivity index (χ4v) is 11.2.